The van der Waals surface area contributed by atoms with Crippen LogP contribution in [0.3, 0.4) is 0 Å². The van der Waals surface area contributed by atoms with E-state index in [1.54, 1.807) is 0 Å². The van der Waals surface area contributed by atoms with E-state index in [4.69, 9.17) is 4.74 Å². The van der Waals surface area contributed by atoms with Gasteiger partial charge in [-0.3, -0.25) is 4.79 Å². The van der Waals surface area contributed by atoms with Crippen LogP contribution in [0.4, 0.5) is 0 Å². The van der Waals surface area contributed by atoms with Crippen LogP contribution in [-0.2, 0) is 17.9 Å². The van der Waals surface area contributed by atoms with Crippen LogP contribution in [0.5, 0.6) is 5.75 Å². The van der Waals surface area contributed by atoms with Crippen LogP contribution in [0.25, 0.3) is 0 Å². The maximum absolute atomic E-state index is 11.8. The summed E-state index contributed by atoms with van der Waals surface area (Å²) in [5, 5.41) is 6.04. The highest BCUT2D eigenvalue weighted by molar-refractivity contribution is 5.77. The third-order valence-electron chi connectivity index (χ3n) is 3.24. The number of nitrogens with one attached hydrogen (secondary N) is 2. The lowest BCUT2D eigenvalue weighted by Gasteiger charge is -2.10. The van der Waals surface area contributed by atoms with Gasteiger partial charge in [-0.2, -0.15) is 0 Å². The maximum atomic E-state index is 11.8. The maximum Gasteiger partial charge on any atom is 0.234 e. The zero-order chi connectivity index (χ0) is 16.5. The van der Waals surface area contributed by atoms with Crippen molar-refractivity contribution >= 4 is 5.91 Å². The van der Waals surface area contributed by atoms with Crippen LogP contribution in [0.1, 0.15) is 25.0 Å². The third kappa shape index (κ3) is 6.53. The molecule has 0 atom stereocenters. The van der Waals surface area contributed by atoms with Gasteiger partial charge >= 0.3 is 0 Å². The normalized spacial score (nSPS) is 10.6. The minimum absolute atomic E-state index is 0.00591. The molecule has 2 N–H and O–H groups in total. The molecule has 4 heteroatoms. The summed E-state index contributed by atoms with van der Waals surface area (Å²) < 4.78 is 5.60. The first kappa shape index (κ1) is 17.0. The van der Waals surface area contributed by atoms with Crippen LogP contribution >= 0.6 is 0 Å². The lowest BCUT2D eigenvalue weighted by Crippen LogP contribution is -2.33. The van der Waals surface area contributed by atoms with Gasteiger partial charge in [0, 0.05) is 13.1 Å². The lowest BCUT2D eigenvalue weighted by molar-refractivity contribution is -0.120. The number of carbonyl (C=O) groups is 1. The van der Waals surface area contributed by atoms with Crippen molar-refractivity contribution in [2.45, 2.75) is 33.0 Å². The summed E-state index contributed by atoms with van der Waals surface area (Å²) in [6.45, 7) is 5.52. The average molecular weight is 312 g/mol. The summed E-state index contributed by atoms with van der Waals surface area (Å²) >= 11 is 0. The molecule has 4 nitrogen and oxygen atoms in total. The van der Waals surface area contributed by atoms with Gasteiger partial charge in [-0.05, 0) is 37.1 Å². The molecule has 1 amide bonds. The van der Waals surface area contributed by atoms with E-state index in [-0.39, 0.29) is 12.0 Å². The Kier molecular flexibility index (Phi) is 6.63. The van der Waals surface area contributed by atoms with E-state index in [9.17, 15) is 4.79 Å². The monoisotopic (exact) mass is 312 g/mol. The minimum atomic E-state index is -0.00591. The van der Waals surface area contributed by atoms with Crippen molar-refractivity contribution < 1.29 is 9.53 Å². The zero-order valence-electron chi connectivity index (χ0n) is 13.7. The third-order valence-corrected chi connectivity index (χ3v) is 3.24. The van der Waals surface area contributed by atoms with Gasteiger partial charge < -0.3 is 15.4 Å². The Balaban J connectivity index is 1.67. The topological polar surface area (TPSA) is 50.4 Å². The molecule has 0 spiro atoms. The van der Waals surface area contributed by atoms with Gasteiger partial charge in [0.05, 0.1) is 12.6 Å². The molecule has 0 unspecified atom stereocenters. The Labute approximate surface area is 137 Å². The Hall–Kier alpha value is -2.33. The highest BCUT2D eigenvalue weighted by Crippen LogP contribution is 2.13. The Bertz CT molecular complexity index is 595. The van der Waals surface area contributed by atoms with Gasteiger partial charge in [0.25, 0.3) is 0 Å². The second kappa shape index (κ2) is 8.96. The van der Waals surface area contributed by atoms with Crippen LogP contribution < -0.4 is 15.4 Å². The molecule has 0 aliphatic heterocycles. The summed E-state index contributed by atoms with van der Waals surface area (Å²) in [6, 6.07) is 17.8. The molecule has 2 rings (SSSR count). The first-order valence-electron chi connectivity index (χ1n) is 7.90. The number of hydrogen-bond acceptors (Lipinski definition) is 3. The van der Waals surface area contributed by atoms with Gasteiger partial charge in [0.15, 0.2) is 0 Å². The number of hydrogen-bond donors (Lipinski definition) is 2. The highest BCUT2D eigenvalue weighted by atomic mass is 16.5. The smallest absolute Gasteiger partial charge is 0.234 e. The van der Waals surface area contributed by atoms with Gasteiger partial charge in [-0.1, -0.05) is 42.5 Å². The summed E-state index contributed by atoms with van der Waals surface area (Å²) in [6.07, 6.45) is 0.173. The van der Waals surface area contributed by atoms with Crippen LogP contribution in [0.15, 0.2) is 54.6 Å². The Morgan fingerprint density at radius 2 is 1.61 bits per heavy atom. The van der Waals surface area contributed by atoms with Gasteiger partial charge in [0.2, 0.25) is 5.91 Å². The van der Waals surface area contributed by atoms with Crippen LogP contribution in [-0.4, -0.2) is 18.6 Å². The molecule has 0 bridgehead atoms. The fraction of sp³-hybridized carbons (Fsp3) is 0.316. The molecule has 2 aromatic rings. The summed E-state index contributed by atoms with van der Waals surface area (Å²) in [4.78, 5) is 11.8. The summed E-state index contributed by atoms with van der Waals surface area (Å²) in [5.74, 6) is 0.859. The molecule has 0 aliphatic carbocycles. The number of ether oxygens (including phenoxy) is 1. The van der Waals surface area contributed by atoms with Gasteiger partial charge in [0.1, 0.15) is 5.75 Å². The zero-order valence-corrected chi connectivity index (χ0v) is 13.7. The van der Waals surface area contributed by atoms with Crippen molar-refractivity contribution in [2.75, 3.05) is 6.54 Å². The molecule has 0 heterocycles. The second-order valence-electron chi connectivity index (χ2n) is 5.68. The quantitative estimate of drug-likeness (QED) is 0.788. The fourth-order valence-electron chi connectivity index (χ4n) is 2.14. The molecular formula is C19H24N2O2. The lowest BCUT2D eigenvalue weighted by atomic mass is 10.2. The van der Waals surface area contributed by atoms with E-state index in [0.29, 0.717) is 19.6 Å². The molecule has 2 aromatic carbocycles. The van der Waals surface area contributed by atoms with E-state index >= 15 is 0 Å². The van der Waals surface area contributed by atoms with E-state index in [1.807, 2.05) is 68.4 Å². The van der Waals surface area contributed by atoms with Crippen LogP contribution in [0, 0.1) is 0 Å². The van der Waals surface area contributed by atoms with E-state index < -0.39 is 0 Å². The van der Waals surface area contributed by atoms with Gasteiger partial charge in [-0.25, -0.2) is 0 Å². The van der Waals surface area contributed by atoms with Crippen LogP contribution in [0.2, 0.25) is 0 Å². The molecule has 0 radical (unpaired) electrons. The van der Waals surface area contributed by atoms with Gasteiger partial charge in [-0.15, -0.1) is 0 Å². The molecule has 0 saturated heterocycles. The first-order valence-corrected chi connectivity index (χ1v) is 7.90. The predicted octanol–water partition coefficient (Wildman–Crippen LogP) is 2.88. The van der Waals surface area contributed by atoms with E-state index in [1.165, 1.54) is 0 Å². The molecule has 0 aromatic heterocycles. The van der Waals surface area contributed by atoms with E-state index in [0.717, 1.165) is 16.9 Å². The highest BCUT2D eigenvalue weighted by Gasteiger charge is 2.02. The number of carbonyl (C=O) groups excluding carboxylic acids is 1. The van der Waals surface area contributed by atoms with Crippen molar-refractivity contribution in [1.82, 2.24) is 10.6 Å². The molecule has 23 heavy (non-hydrogen) atoms. The average Bonchev–Trinajstić information content (AvgIpc) is 2.55. The standard InChI is InChI=1S/C19H24N2O2/c1-15(2)23-18-10-8-17(9-11-18)12-20-14-19(22)21-13-16-6-4-3-5-7-16/h3-11,15,20H,12-14H2,1-2H3,(H,21,22). The van der Waals surface area contributed by atoms with Crippen molar-refractivity contribution in [3.8, 4) is 5.75 Å². The van der Waals surface area contributed by atoms with Crippen molar-refractivity contribution in [2.24, 2.45) is 0 Å². The molecule has 0 aliphatic rings. The predicted molar refractivity (Wildman–Crippen MR) is 92.2 cm³/mol. The number of benzene rings is 2. The fourth-order valence-corrected chi connectivity index (χ4v) is 2.14. The van der Waals surface area contributed by atoms with Crippen molar-refractivity contribution in [1.29, 1.82) is 0 Å². The van der Waals surface area contributed by atoms with Crippen molar-refractivity contribution in [3.63, 3.8) is 0 Å². The minimum Gasteiger partial charge on any atom is -0.491 e. The molecule has 0 fully saturated rings. The molecular weight excluding hydrogens is 288 g/mol. The number of amides is 1. The largest absolute Gasteiger partial charge is 0.491 e. The number of rotatable bonds is 8. The summed E-state index contributed by atoms with van der Waals surface area (Å²) in [5.41, 5.74) is 2.22. The summed E-state index contributed by atoms with van der Waals surface area (Å²) in [7, 11) is 0. The molecule has 122 valence electrons. The molecule has 0 saturated carbocycles. The van der Waals surface area contributed by atoms with E-state index in [2.05, 4.69) is 10.6 Å². The second-order valence-corrected chi connectivity index (χ2v) is 5.68. The Morgan fingerprint density at radius 1 is 0.957 bits per heavy atom. The Morgan fingerprint density at radius 3 is 2.26 bits per heavy atom. The SMILES string of the molecule is CC(C)Oc1ccc(CNCC(=O)NCc2ccccc2)cc1. The van der Waals surface area contributed by atoms with Crippen molar-refractivity contribution in [3.05, 3.63) is 65.7 Å². The first-order chi connectivity index (χ1) is 11.1.